The van der Waals surface area contributed by atoms with Gasteiger partial charge in [-0.1, -0.05) is 23.7 Å². The molecule has 43 heavy (non-hydrogen) atoms. The van der Waals surface area contributed by atoms with E-state index in [1.165, 1.54) is 0 Å². The van der Waals surface area contributed by atoms with Gasteiger partial charge in [0.1, 0.15) is 11.8 Å². The van der Waals surface area contributed by atoms with Gasteiger partial charge < -0.3 is 19.9 Å². The first-order valence-electron chi connectivity index (χ1n) is 15.0. The van der Waals surface area contributed by atoms with Crippen LogP contribution in [-0.2, 0) is 14.4 Å². The van der Waals surface area contributed by atoms with E-state index in [4.69, 9.17) is 16.3 Å². The van der Waals surface area contributed by atoms with E-state index < -0.39 is 12.1 Å². The highest BCUT2D eigenvalue weighted by Crippen LogP contribution is 2.40. The Morgan fingerprint density at radius 3 is 2.60 bits per heavy atom. The molecule has 230 valence electrons. The minimum atomic E-state index is -0.813. The molecule has 10 nitrogen and oxygen atoms in total. The molecule has 5 rings (SSSR count). The fraction of sp³-hybridized carbons (Fsp3) is 0.500. The summed E-state index contributed by atoms with van der Waals surface area (Å²) in [4.78, 5) is 55.9. The van der Waals surface area contributed by atoms with Gasteiger partial charge in [-0.3, -0.25) is 24.6 Å². The number of carbonyl (C=O) groups excluding carboxylic acids is 4. The molecule has 11 heteroatoms. The fourth-order valence-corrected chi connectivity index (χ4v) is 6.68. The summed E-state index contributed by atoms with van der Waals surface area (Å²) in [7, 11) is 0. The Labute approximate surface area is 257 Å². The summed E-state index contributed by atoms with van der Waals surface area (Å²) in [6.07, 6.45) is 2.71. The molecule has 2 aromatic carbocycles. The zero-order valence-electron chi connectivity index (χ0n) is 25.1. The summed E-state index contributed by atoms with van der Waals surface area (Å²) < 4.78 is 5.95. The van der Waals surface area contributed by atoms with Crippen LogP contribution in [0.4, 0.5) is 0 Å². The molecule has 3 aliphatic rings. The summed E-state index contributed by atoms with van der Waals surface area (Å²) >= 11 is 6.32. The molecule has 0 bridgehead atoms. The average Bonchev–Trinajstić information content (AvgIpc) is 3.61. The van der Waals surface area contributed by atoms with Crippen molar-refractivity contribution in [3.8, 4) is 5.75 Å². The zero-order chi connectivity index (χ0) is 30.8. The van der Waals surface area contributed by atoms with Crippen LogP contribution in [0.5, 0.6) is 5.75 Å². The number of benzene rings is 2. The molecular weight excluding hydrogens is 570 g/mol. The molecule has 3 fully saturated rings. The first-order valence-corrected chi connectivity index (χ1v) is 15.4. The molecule has 2 unspecified atom stereocenters. The van der Waals surface area contributed by atoms with Gasteiger partial charge in [-0.25, -0.2) is 5.43 Å². The van der Waals surface area contributed by atoms with Crippen molar-refractivity contribution in [3.05, 3.63) is 64.2 Å². The van der Waals surface area contributed by atoms with Crippen LogP contribution in [0.1, 0.15) is 80.4 Å². The van der Waals surface area contributed by atoms with E-state index in [2.05, 4.69) is 16.2 Å². The quantitative estimate of drug-likeness (QED) is 0.420. The van der Waals surface area contributed by atoms with Gasteiger partial charge in [0.2, 0.25) is 11.8 Å². The number of nitrogens with zero attached hydrogens (tertiary/aromatic N) is 2. The fourth-order valence-electron chi connectivity index (χ4n) is 6.48. The number of halogens is 1. The van der Waals surface area contributed by atoms with Gasteiger partial charge in [-0.15, -0.1) is 0 Å². The monoisotopic (exact) mass is 609 g/mol. The SMILES string of the molecule is Cc1cc(C(=O)N[C@H](C)C(=O)N2[C@@H]([C@H](C)N3CCCC3=O)CC[C@H]2c2cccc(Cl)c2)ccc1OC1CC(C)NNC1=O. The van der Waals surface area contributed by atoms with Crippen LogP contribution in [0.2, 0.25) is 5.02 Å². The molecule has 3 N–H and O–H groups in total. The van der Waals surface area contributed by atoms with Gasteiger partial charge in [-0.05, 0) is 88.4 Å². The van der Waals surface area contributed by atoms with Crippen LogP contribution < -0.4 is 20.9 Å². The maximum Gasteiger partial charge on any atom is 0.275 e. The molecule has 0 radical (unpaired) electrons. The maximum atomic E-state index is 14.1. The van der Waals surface area contributed by atoms with E-state index in [1.807, 2.05) is 48.8 Å². The van der Waals surface area contributed by atoms with Crippen LogP contribution in [-0.4, -0.2) is 70.2 Å². The highest BCUT2D eigenvalue weighted by atomic mass is 35.5. The van der Waals surface area contributed by atoms with E-state index in [1.54, 1.807) is 31.2 Å². The average molecular weight is 610 g/mol. The van der Waals surface area contributed by atoms with Crippen molar-refractivity contribution >= 4 is 35.2 Å². The summed E-state index contributed by atoms with van der Waals surface area (Å²) in [6.45, 7) is 8.16. The van der Waals surface area contributed by atoms with Crippen molar-refractivity contribution in [2.75, 3.05) is 6.54 Å². The predicted molar refractivity (Wildman–Crippen MR) is 162 cm³/mol. The van der Waals surface area contributed by atoms with Crippen molar-refractivity contribution in [1.29, 1.82) is 0 Å². The van der Waals surface area contributed by atoms with Crippen molar-refractivity contribution in [2.24, 2.45) is 0 Å². The van der Waals surface area contributed by atoms with Gasteiger partial charge in [0.15, 0.2) is 6.10 Å². The van der Waals surface area contributed by atoms with Crippen LogP contribution in [0, 0.1) is 6.92 Å². The molecule has 6 atom stereocenters. The first-order chi connectivity index (χ1) is 20.5. The first kappa shape index (κ1) is 30.8. The minimum Gasteiger partial charge on any atom is -0.480 e. The van der Waals surface area contributed by atoms with Crippen LogP contribution >= 0.6 is 11.6 Å². The molecule has 0 aromatic heterocycles. The number of hydrogen-bond acceptors (Lipinski definition) is 6. The number of aryl methyl sites for hydroxylation is 1. The number of nitrogens with one attached hydrogen (secondary N) is 3. The lowest BCUT2D eigenvalue weighted by atomic mass is 10.0. The third-order valence-corrected chi connectivity index (χ3v) is 9.04. The molecule has 0 aliphatic carbocycles. The summed E-state index contributed by atoms with van der Waals surface area (Å²) in [6, 6.07) is 11.2. The molecule has 0 saturated carbocycles. The number of carbonyl (C=O) groups is 4. The van der Waals surface area contributed by atoms with E-state index >= 15 is 0 Å². The number of rotatable bonds is 8. The van der Waals surface area contributed by atoms with Gasteiger partial charge >= 0.3 is 0 Å². The molecule has 2 aromatic rings. The standard InChI is InChI=1S/C32H40ClN5O5/c1-18-15-23(10-13-27(18)43-28-16-19(2)35-36-31(28)41)30(40)34-20(3)32(42)38-25(21(4)37-14-6-9-29(37)39)11-12-26(38)22-7-5-8-24(33)17-22/h5,7-8,10,13,15,17,19-21,25-26,28,35H,6,9,11-12,14,16H2,1-4H3,(H,34,40)(H,36,41)/t19?,20-,21+,25-,26+,28?/m1/s1. The summed E-state index contributed by atoms with van der Waals surface area (Å²) in [5.41, 5.74) is 7.52. The molecular formula is C32H40ClN5O5. The van der Waals surface area contributed by atoms with Crippen molar-refractivity contribution < 1.29 is 23.9 Å². The van der Waals surface area contributed by atoms with Crippen molar-refractivity contribution in [1.82, 2.24) is 26.0 Å². The summed E-state index contributed by atoms with van der Waals surface area (Å²) in [5, 5.41) is 3.48. The van der Waals surface area contributed by atoms with Gasteiger partial charge in [0, 0.05) is 42.1 Å². The third kappa shape index (κ3) is 6.65. The van der Waals surface area contributed by atoms with Gasteiger partial charge in [0.05, 0.1) is 12.1 Å². The Hall–Kier alpha value is -3.63. The lowest BCUT2D eigenvalue weighted by molar-refractivity contribution is -0.140. The van der Waals surface area contributed by atoms with Crippen molar-refractivity contribution in [3.63, 3.8) is 0 Å². The zero-order valence-corrected chi connectivity index (χ0v) is 25.8. The topological polar surface area (TPSA) is 120 Å². The van der Waals surface area contributed by atoms with Crippen LogP contribution in [0.15, 0.2) is 42.5 Å². The van der Waals surface area contributed by atoms with E-state index in [9.17, 15) is 19.2 Å². The number of hydrogen-bond donors (Lipinski definition) is 3. The second-order valence-electron chi connectivity index (χ2n) is 11.9. The summed E-state index contributed by atoms with van der Waals surface area (Å²) in [5.74, 6) is -0.204. The highest BCUT2D eigenvalue weighted by molar-refractivity contribution is 6.30. The Morgan fingerprint density at radius 2 is 1.91 bits per heavy atom. The van der Waals surface area contributed by atoms with Gasteiger partial charge in [-0.2, -0.15) is 0 Å². The van der Waals surface area contributed by atoms with Gasteiger partial charge in [0.25, 0.3) is 11.8 Å². The maximum absolute atomic E-state index is 14.1. The normalized spacial score (nSPS) is 25.3. The molecule has 3 heterocycles. The number of ether oxygens (including phenoxy) is 1. The second-order valence-corrected chi connectivity index (χ2v) is 12.4. The number of amides is 4. The van der Waals surface area contributed by atoms with Crippen LogP contribution in [0.25, 0.3) is 0 Å². The minimum absolute atomic E-state index is 0.0691. The molecule has 3 saturated heterocycles. The van der Waals surface area contributed by atoms with E-state index in [-0.39, 0.29) is 47.8 Å². The Balaban J connectivity index is 1.31. The molecule has 4 amide bonds. The smallest absolute Gasteiger partial charge is 0.275 e. The van der Waals surface area contributed by atoms with E-state index in [0.717, 1.165) is 24.8 Å². The molecule has 0 spiro atoms. The second kappa shape index (κ2) is 12.9. The predicted octanol–water partition coefficient (Wildman–Crippen LogP) is 3.67. The van der Waals surface area contributed by atoms with Crippen LogP contribution in [0.3, 0.4) is 0 Å². The van der Waals surface area contributed by atoms with E-state index in [0.29, 0.717) is 41.3 Å². The third-order valence-electron chi connectivity index (χ3n) is 8.80. The van der Waals surface area contributed by atoms with Crippen molar-refractivity contribution in [2.45, 2.75) is 96.1 Å². The number of likely N-dealkylation sites (tertiary alicyclic amines) is 2. The lowest BCUT2D eigenvalue weighted by Gasteiger charge is -2.39. The lowest BCUT2D eigenvalue weighted by Crippen LogP contribution is -2.56. The highest BCUT2D eigenvalue weighted by Gasteiger charge is 2.44. The Kier molecular flexibility index (Phi) is 9.27. The largest absolute Gasteiger partial charge is 0.480 e. The molecule has 3 aliphatic heterocycles. The number of hydrazine groups is 1. The Morgan fingerprint density at radius 1 is 1.12 bits per heavy atom. The Bertz CT molecular complexity index is 1400.